The maximum atomic E-state index is 12.8. The van der Waals surface area contributed by atoms with Crippen LogP contribution in [0.3, 0.4) is 0 Å². The van der Waals surface area contributed by atoms with Crippen LogP contribution in [0.2, 0.25) is 5.02 Å². The Morgan fingerprint density at radius 1 is 1.06 bits per heavy atom. The summed E-state index contributed by atoms with van der Waals surface area (Å²) in [4.78, 5) is 25.1. The van der Waals surface area contributed by atoms with Gasteiger partial charge in [0.2, 0.25) is 0 Å². The average molecular weight is 479 g/mol. The largest absolute Gasteiger partial charge is 0.484 e. The summed E-state index contributed by atoms with van der Waals surface area (Å²) in [6.45, 7) is 1.76. The second-order valence-electron chi connectivity index (χ2n) is 7.07. The van der Waals surface area contributed by atoms with E-state index in [1.54, 1.807) is 30.3 Å². The van der Waals surface area contributed by atoms with Crippen molar-refractivity contribution in [1.82, 2.24) is 5.43 Å². The third kappa shape index (κ3) is 5.58. The molecule has 0 aliphatic carbocycles. The van der Waals surface area contributed by atoms with E-state index in [-0.39, 0.29) is 6.61 Å². The van der Waals surface area contributed by atoms with Gasteiger partial charge in [-0.05, 0) is 42.8 Å². The molecule has 4 aromatic rings. The fraction of sp³-hybridized carbons (Fsp3) is 0.0800. The summed E-state index contributed by atoms with van der Waals surface area (Å²) in [5, 5.41) is 5.12. The van der Waals surface area contributed by atoms with Crippen molar-refractivity contribution in [2.75, 3.05) is 6.61 Å². The van der Waals surface area contributed by atoms with E-state index in [0.29, 0.717) is 27.0 Å². The van der Waals surface area contributed by atoms with Crippen molar-refractivity contribution in [1.29, 1.82) is 0 Å². The standard InChI is InChI=1S/C25H19ClN2O4S/c1-16-7-6-9-18(13-16)31-15-22(29)28-27-14-17-8-2-4-11-20(17)32-25(30)24-23(26)19-10-3-5-12-21(19)33-24/h2-14H,15H2,1H3,(H,28,29)/b27-14-. The molecule has 0 spiro atoms. The zero-order valence-corrected chi connectivity index (χ0v) is 19.2. The van der Waals surface area contributed by atoms with Gasteiger partial charge in [-0.1, -0.05) is 54.1 Å². The molecule has 1 aromatic heterocycles. The Labute approximate surface area is 199 Å². The summed E-state index contributed by atoms with van der Waals surface area (Å²) in [5.74, 6) is -0.0757. The fourth-order valence-electron chi connectivity index (χ4n) is 3.03. The Balaban J connectivity index is 1.39. The molecule has 0 unspecified atom stereocenters. The number of aryl methyl sites for hydroxylation is 1. The molecule has 4 rings (SSSR count). The summed E-state index contributed by atoms with van der Waals surface area (Å²) in [7, 11) is 0. The van der Waals surface area contributed by atoms with E-state index >= 15 is 0 Å². The number of para-hydroxylation sites is 1. The monoisotopic (exact) mass is 478 g/mol. The highest BCUT2D eigenvalue weighted by molar-refractivity contribution is 7.21. The second-order valence-corrected chi connectivity index (χ2v) is 8.50. The molecule has 0 atom stereocenters. The first-order valence-electron chi connectivity index (χ1n) is 10.0. The van der Waals surface area contributed by atoms with E-state index in [1.807, 2.05) is 49.4 Å². The smallest absolute Gasteiger partial charge is 0.355 e. The number of carbonyl (C=O) groups is 2. The number of thiophene rings is 1. The van der Waals surface area contributed by atoms with Crippen molar-refractivity contribution in [3.8, 4) is 11.5 Å². The number of hydrogen-bond donors (Lipinski definition) is 1. The van der Waals surface area contributed by atoms with Crippen LogP contribution >= 0.6 is 22.9 Å². The average Bonchev–Trinajstić information content (AvgIpc) is 3.16. The molecule has 0 fully saturated rings. The maximum Gasteiger partial charge on any atom is 0.355 e. The molecule has 166 valence electrons. The van der Waals surface area contributed by atoms with Crippen LogP contribution in [0.25, 0.3) is 10.1 Å². The molecule has 0 aliphatic heterocycles. The number of esters is 1. The quantitative estimate of drug-likeness (QED) is 0.162. The normalized spacial score (nSPS) is 11.0. The van der Waals surface area contributed by atoms with Crippen LogP contribution in [0.5, 0.6) is 11.5 Å². The number of hydrazone groups is 1. The van der Waals surface area contributed by atoms with E-state index in [0.717, 1.165) is 15.6 Å². The summed E-state index contributed by atoms with van der Waals surface area (Å²) < 4.78 is 11.9. The lowest BCUT2D eigenvalue weighted by atomic mass is 10.2. The molecule has 0 aliphatic rings. The van der Waals surface area contributed by atoms with E-state index in [1.165, 1.54) is 17.6 Å². The van der Waals surface area contributed by atoms with Crippen LogP contribution < -0.4 is 14.9 Å². The molecule has 8 heteroatoms. The first-order valence-corrected chi connectivity index (χ1v) is 11.2. The molecular weight excluding hydrogens is 460 g/mol. The van der Waals surface area contributed by atoms with Gasteiger partial charge in [0.25, 0.3) is 5.91 Å². The first kappa shape index (κ1) is 22.5. The van der Waals surface area contributed by atoms with Crippen molar-refractivity contribution in [2.45, 2.75) is 6.92 Å². The SMILES string of the molecule is Cc1cccc(OCC(=O)N/N=C\c2ccccc2OC(=O)c2sc3ccccc3c2Cl)c1. The minimum atomic E-state index is -0.558. The fourth-order valence-corrected chi connectivity index (χ4v) is 4.42. The molecule has 0 saturated carbocycles. The zero-order chi connectivity index (χ0) is 23.2. The molecule has 6 nitrogen and oxygen atoms in total. The predicted molar refractivity (Wildman–Crippen MR) is 131 cm³/mol. The van der Waals surface area contributed by atoms with Gasteiger partial charge >= 0.3 is 5.97 Å². The van der Waals surface area contributed by atoms with E-state index < -0.39 is 11.9 Å². The molecule has 1 amide bonds. The second kappa shape index (κ2) is 10.3. The van der Waals surface area contributed by atoms with Gasteiger partial charge in [0.15, 0.2) is 6.61 Å². The van der Waals surface area contributed by atoms with Crippen LogP contribution in [0, 0.1) is 6.92 Å². The molecular formula is C25H19ClN2O4S. The minimum absolute atomic E-state index is 0.179. The number of carbonyl (C=O) groups excluding carboxylic acids is 2. The highest BCUT2D eigenvalue weighted by Gasteiger charge is 2.19. The van der Waals surface area contributed by atoms with E-state index in [2.05, 4.69) is 10.5 Å². The Kier molecular flexibility index (Phi) is 7.02. The number of amides is 1. The topological polar surface area (TPSA) is 77.0 Å². The van der Waals surface area contributed by atoms with E-state index in [9.17, 15) is 9.59 Å². The molecule has 0 radical (unpaired) electrons. The molecule has 3 aromatic carbocycles. The number of ether oxygens (including phenoxy) is 2. The lowest BCUT2D eigenvalue weighted by Gasteiger charge is -2.07. The lowest BCUT2D eigenvalue weighted by Crippen LogP contribution is -2.24. The maximum absolute atomic E-state index is 12.8. The number of rotatable bonds is 7. The molecule has 1 N–H and O–H groups in total. The number of fused-ring (bicyclic) bond motifs is 1. The number of hydrogen-bond acceptors (Lipinski definition) is 6. The van der Waals surface area contributed by atoms with Crippen molar-refractivity contribution in [3.63, 3.8) is 0 Å². The summed E-state index contributed by atoms with van der Waals surface area (Å²) in [6, 6.07) is 21.8. The number of benzene rings is 3. The van der Waals surface area contributed by atoms with Crippen molar-refractivity contribution < 1.29 is 19.1 Å². The molecule has 0 bridgehead atoms. The van der Waals surface area contributed by atoms with Crippen LogP contribution in [0.1, 0.15) is 20.8 Å². The summed E-state index contributed by atoms with van der Waals surface area (Å²) in [5.41, 5.74) is 3.95. The molecule has 33 heavy (non-hydrogen) atoms. The van der Waals surface area contributed by atoms with Crippen LogP contribution in [0.4, 0.5) is 0 Å². The lowest BCUT2D eigenvalue weighted by molar-refractivity contribution is -0.123. The minimum Gasteiger partial charge on any atom is -0.484 e. The Morgan fingerprint density at radius 3 is 2.67 bits per heavy atom. The van der Waals surface area contributed by atoms with Crippen LogP contribution in [-0.4, -0.2) is 24.7 Å². The van der Waals surface area contributed by atoms with E-state index in [4.69, 9.17) is 21.1 Å². The van der Waals surface area contributed by atoms with Gasteiger partial charge in [-0.15, -0.1) is 11.3 Å². The first-order chi connectivity index (χ1) is 16.0. The Bertz CT molecular complexity index is 1350. The van der Waals surface area contributed by atoms with Crippen LogP contribution in [-0.2, 0) is 4.79 Å². The summed E-state index contributed by atoms with van der Waals surface area (Å²) >= 11 is 7.66. The van der Waals surface area contributed by atoms with Crippen molar-refractivity contribution in [2.24, 2.45) is 5.10 Å². The van der Waals surface area contributed by atoms with Gasteiger partial charge < -0.3 is 9.47 Å². The summed E-state index contributed by atoms with van der Waals surface area (Å²) in [6.07, 6.45) is 1.40. The highest BCUT2D eigenvalue weighted by atomic mass is 35.5. The zero-order valence-electron chi connectivity index (χ0n) is 17.6. The van der Waals surface area contributed by atoms with Crippen LogP contribution in [0.15, 0.2) is 77.9 Å². The third-order valence-electron chi connectivity index (χ3n) is 4.59. The number of halogens is 1. The van der Waals surface area contributed by atoms with Gasteiger partial charge in [0, 0.05) is 15.6 Å². The Morgan fingerprint density at radius 2 is 1.85 bits per heavy atom. The van der Waals surface area contributed by atoms with Gasteiger partial charge in [0.05, 0.1) is 11.2 Å². The van der Waals surface area contributed by atoms with Gasteiger partial charge in [-0.2, -0.15) is 5.10 Å². The number of nitrogens with zero attached hydrogens (tertiary/aromatic N) is 1. The number of nitrogens with one attached hydrogen (secondary N) is 1. The third-order valence-corrected chi connectivity index (χ3v) is 6.25. The van der Waals surface area contributed by atoms with Gasteiger partial charge in [0.1, 0.15) is 16.4 Å². The predicted octanol–water partition coefficient (Wildman–Crippen LogP) is 5.61. The molecule has 0 saturated heterocycles. The highest BCUT2D eigenvalue weighted by Crippen LogP contribution is 2.36. The van der Waals surface area contributed by atoms with Gasteiger partial charge in [-0.3, -0.25) is 4.79 Å². The van der Waals surface area contributed by atoms with Crippen molar-refractivity contribution in [3.05, 3.63) is 93.8 Å². The van der Waals surface area contributed by atoms with Crippen molar-refractivity contribution >= 4 is 51.1 Å². The van der Waals surface area contributed by atoms with Gasteiger partial charge in [-0.25, -0.2) is 10.2 Å². The Hall–Kier alpha value is -3.68. The molecule has 1 heterocycles.